The molecule has 45 heavy (non-hydrogen) atoms. The zero-order valence-corrected chi connectivity index (χ0v) is 30.3. The van der Waals surface area contributed by atoms with Gasteiger partial charge in [0, 0.05) is 17.5 Å². The van der Waals surface area contributed by atoms with Gasteiger partial charge in [0.1, 0.15) is 11.5 Å². The molecule has 0 bridgehead atoms. The van der Waals surface area contributed by atoms with Gasteiger partial charge in [-0.2, -0.15) is 0 Å². The summed E-state index contributed by atoms with van der Waals surface area (Å²) in [4.78, 5) is 0. The molecule has 7 rings (SSSR count). The van der Waals surface area contributed by atoms with E-state index in [1.54, 1.807) is 10.6 Å². The summed E-state index contributed by atoms with van der Waals surface area (Å²) in [5, 5.41) is 3.37. The molecule has 2 aromatic carbocycles. The molecule has 4 heteroatoms. The molecular formula is C41H60O2P2. The minimum Gasteiger partial charge on any atom is -0.490 e. The SMILES string of the molecule is C[C@@H]1C[C@@H](C)Oc2cccc(P(C3CCCCC3)C3CCCCC3)c2-c2c(cccc2P(C2CCCCC2)C2CCCCC2)O1. The van der Waals surface area contributed by atoms with Crippen LogP contribution in [0.15, 0.2) is 36.4 Å². The van der Waals surface area contributed by atoms with Crippen LogP contribution in [-0.2, 0) is 0 Å². The first-order chi connectivity index (χ1) is 22.2. The van der Waals surface area contributed by atoms with Gasteiger partial charge in [-0.3, -0.25) is 0 Å². The lowest BCUT2D eigenvalue weighted by Crippen LogP contribution is -2.30. The Hall–Kier alpha value is -1.10. The van der Waals surface area contributed by atoms with E-state index < -0.39 is 0 Å². The Morgan fingerprint density at radius 1 is 0.444 bits per heavy atom. The number of fused-ring (bicyclic) bond motifs is 3. The molecule has 1 aliphatic heterocycles. The van der Waals surface area contributed by atoms with Crippen LogP contribution in [0.25, 0.3) is 11.1 Å². The van der Waals surface area contributed by atoms with Crippen molar-refractivity contribution in [1.29, 1.82) is 0 Å². The normalized spacial score (nSPS) is 26.3. The fraction of sp³-hybridized carbons (Fsp3) is 0.707. The second-order valence-electron chi connectivity index (χ2n) is 15.4. The highest BCUT2D eigenvalue weighted by molar-refractivity contribution is 7.68. The molecule has 0 spiro atoms. The molecule has 246 valence electrons. The summed E-state index contributed by atoms with van der Waals surface area (Å²) >= 11 is 0. The van der Waals surface area contributed by atoms with Crippen molar-refractivity contribution in [2.75, 3.05) is 0 Å². The van der Waals surface area contributed by atoms with Crippen LogP contribution in [0.3, 0.4) is 0 Å². The van der Waals surface area contributed by atoms with Crippen molar-refractivity contribution in [3.63, 3.8) is 0 Å². The third-order valence-corrected chi connectivity index (χ3v) is 19.1. The topological polar surface area (TPSA) is 18.5 Å². The van der Waals surface area contributed by atoms with E-state index in [0.29, 0.717) is 0 Å². The largest absolute Gasteiger partial charge is 0.490 e. The van der Waals surface area contributed by atoms with Crippen molar-refractivity contribution in [3.8, 4) is 22.6 Å². The van der Waals surface area contributed by atoms with Crippen LogP contribution >= 0.6 is 15.8 Å². The highest BCUT2D eigenvalue weighted by atomic mass is 31.1. The molecule has 4 fully saturated rings. The Bertz CT molecular complexity index is 1100. The van der Waals surface area contributed by atoms with Crippen molar-refractivity contribution in [3.05, 3.63) is 36.4 Å². The maximum absolute atomic E-state index is 7.07. The number of rotatable bonds is 6. The zero-order chi connectivity index (χ0) is 30.6. The fourth-order valence-electron chi connectivity index (χ4n) is 9.99. The van der Waals surface area contributed by atoms with Crippen molar-refractivity contribution >= 4 is 26.5 Å². The van der Waals surface area contributed by atoms with Gasteiger partial charge in [0.2, 0.25) is 0 Å². The summed E-state index contributed by atoms with van der Waals surface area (Å²) in [5.41, 5.74) is 6.41. The first-order valence-corrected chi connectivity index (χ1v) is 22.3. The highest BCUT2D eigenvalue weighted by Crippen LogP contribution is 2.60. The third-order valence-electron chi connectivity index (χ3n) is 12.0. The molecule has 0 aromatic heterocycles. The molecule has 0 unspecified atom stereocenters. The summed E-state index contributed by atoms with van der Waals surface area (Å²) in [7, 11) is -0.549. The first-order valence-electron chi connectivity index (χ1n) is 19.3. The molecule has 0 radical (unpaired) electrons. The molecule has 2 atom stereocenters. The second kappa shape index (κ2) is 15.4. The number of hydrogen-bond acceptors (Lipinski definition) is 2. The lowest BCUT2D eigenvalue weighted by atomic mass is 9.99. The monoisotopic (exact) mass is 646 g/mol. The lowest BCUT2D eigenvalue weighted by Gasteiger charge is -2.41. The van der Waals surface area contributed by atoms with Gasteiger partial charge >= 0.3 is 0 Å². The van der Waals surface area contributed by atoms with Crippen LogP contribution in [0.5, 0.6) is 11.5 Å². The van der Waals surface area contributed by atoms with Crippen molar-refractivity contribution in [1.82, 2.24) is 0 Å². The lowest BCUT2D eigenvalue weighted by molar-refractivity contribution is 0.134. The van der Waals surface area contributed by atoms with Gasteiger partial charge in [-0.1, -0.05) is 117 Å². The average Bonchev–Trinajstić information content (AvgIpc) is 3.13. The minimum atomic E-state index is -0.275. The van der Waals surface area contributed by atoms with Crippen LogP contribution < -0.4 is 20.1 Å². The first kappa shape index (κ1) is 32.4. The van der Waals surface area contributed by atoms with Crippen LogP contribution in [-0.4, -0.2) is 34.8 Å². The molecule has 4 saturated carbocycles. The Morgan fingerprint density at radius 3 is 1.07 bits per heavy atom. The predicted molar refractivity (Wildman–Crippen MR) is 197 cm³/mol. The number of hydrogen-bond donors (Lipinski definition) is 0. The maximum atomic E-state index is 7.07. The van der Waals surface area contributed by atoms with Gasteiger partial charge in [-0.15, -0.1) is 0 Å². The van der Waals surface area contributed by atoms with Gasteiger partial charge in [0.25, 0.3) is 0 Å². The van der Waals surface area contributed by atoms with Gasteiger partial charge in [0.15, 0.2) is 0 Å². The van der Waals surface area contributed by atoms with Gasteiger partial charge < -0.3 is 9.47 Å². The standard InChI is InChI=1S/C41H60O2P2/c1-30-29-31(2)43-37-26-16-28-39(45(34-21-11-5-12-22-34)35-23-13-6-14-24-35)41(37)40-36(42-30)25-15-27-38(40)44(32-17-7-3-8-18-32)33-19-9-4-10-20-33/h15-16,25-28,30-35H,3-14,17-24,29H2,1-2H3/t30-,31-/m1/s1. The van der Waals surface area contributed by atoms with Gasteiger partial charge in [0.05, 0.1) is 12.2 Å². The number of ether oxygens (including phenoxy) is 2. The van der Waals surface area contributed by atoms with E-state index in [4.69, 9.17) is 9.47 Å². The summed E-state index contributed by atoms with van der Waals surface area (Å²) < 4.78 is 14.1. The Morgan fingerprint density at radius 2 is 0.756 bits per heavy atom. The van der Waals surface area contributed by atoms with E-state index in [1.807, 2.05) is 0 Å². The predicted octanol–water partition coefficient (Wildman–Crippen LogP) is 11.8. The van der Waals surface area contributed by atoms with E-state index in [-0.39, 0.29) is 28.1 Å². The summed E-state index contributed by atoms with van der Waals surface area (Å²) in [5.74, 6) is 2.32. The van der Waals surface area contributed by atoms with Crippen LogP contribution in [0.4, 0.5) is 0 Å². The third kappa shape index (κ3) is 7.34. The Labute approximate surface area is 277 Å². The average molecular weight is 647 g/mol. The Balaban J connectivity index is 1.45. The summed E-state index contributed by atoms with van der Waals surface area (Å²) in [6.07, 6.45) is 29.8. The molecular weight excluding hydrogens is 586 g/mol. The van der Waals surface area contributed by atoms with Crippen molar-refractivity contribution in [2.24, 2.45) is 0 Å². The molecule has 2 nitrogen and oxygen atoms in total. The maximum Gasteiger partial charge on any atom is 0.128 e. The van der Waals surface area contributed by atoms with E-state index in [0.717, 1.165) is 40.6 Å². The van der Waals surface area contributed by atoms with Crippen LogP contribution in [0.2, 0.25) is 0 Å². The molecule has 0 amide bonds. The molecule has 5 aliphatic rings. The smallest absolute Gasteiger partial charge is 0.128 e. The quantitative estimate of drug-likeness (QED) is 0.291. The minimum absolute atomic E-state index is 0.139. The zero-order valence-electron chi connectivity index (χ0n) is 28.5. The molecule has 0 saturated heterocycles. The van der Waals surface area contributed by atoms with Crippen LogP contribution in [0.1, 0.15) is 149 Å². The summed E-state index contributed by atoms with van der Waals surface area (Å²) in [6.45, 7) is 4.55. The molecule has 1 heterocycles. The van der Waals surface area contributed by atoms with Gasteiger partial charge in [-0.05, 0) is 111 Å². The summed E-state index contributed by atoms with van der Waals surface area (Å²) in [6, 6.07) is 14.6. The van der Waals surface area contributed by atoms with Crippen molar-refractivity contribution < 1.29 is 9.47 Å². The van der Waals surface area contributed by atoms with E-state index in [2.05, 4.69) is 50.2 Å². The molecule has 4 aliphatic carbocycles. The van der Waals surface area contributed by atoms with E-state index in [9.17, 15) is 0 Å². The van der Waals surface area contributed by atoms with E-state index in [1.165, 1.54) is 140 Å². The highest BCUT2D eigenvalue weighted by Gasteiger charge is 2.39. The fourth-order valence-corrected chi connectivity index (χ4v) is 17.9. The van der Waals surface area contributed by atoms with Crippen molar-refractivity contribution in [2.45, 2.75) is 184 Å². The number of benzene rings is 2. The molecule has 2 aromatic rings. The second-order valence-corrected chi connectivity index (χ2v) is 20.9. The van der Waals surface area contributed by atoms with Crippen LogP contribution in [0, 0.1) is 0 Å². The molecule has 0 N–H and O–H groups in total. The Kier molecular flexibility index (Phi) is 11.1. The van der Waals surface area contributed by atoms with E-state index >= 15 is 0 Å². The van der Waals surface area contributed by atoms with Gasteiger partial charge in [-0.25, -0.2) is 0 Å².